The molecule has 0 aromatic rings. The molecule has 8 heteroatoms. The summed E-state index contributed by atoms with van der Waals surface area (Å²) in [7, 11) is 0. The molecule has 1 heterocycles. The fourth-order valence-electron chi connectivity index (χ4n) is 2.02. The average Bonchev–Trinajstić information content (AvgIpc) is 2.24. The first kappa shape index (κ1) is 17.6. The monoisotopic (exact) mass is 308 g/mol. The number of alkyl halides is 2. The van der Waals surface area contributed by atoms with Gasteiger partial charge in [-0.05, 0) is 20.8 Å². The molecule has 1 rings (SSSR count). The Balaban J connectivity index is 2.42. The van der Waals surface area contributed by atoms with E-state index in [1.54, 1.807) is 20.8 Å². The van der Waals surface area contributed by atoms with Gasteiger partial charge in [-0.1, -0.05) is 0 Å². The van der Waals surface area contributed by atoms with Gasteiger partial charge in [-0.3, -0.25) is 9.69 Å². The molecule has 0 bridgehead atoms. The van der Waals surface area contributed by atoms with Crippen LogP contribution >= 0.6 is 0 Å². The van der Waals surface area contributed by atoms with Gasteiger partial charge >= 0.3 is 12.1 Å². The number of hydrogen-bond acceptors (Lipinski definition) is 4. The summed E-state index contributed by atoms with van der Waals surface area (Å²) < 4.78 is 32.0. The van der Waals surface area contributed by atoms with E-state index in [2.05, 4.69) is 0 Å². The number of nitrogens with zero attached hydrogens (tertiary/aromatic N) is 2. The second kappa shape index (κ2) is 6.55. The van der Waals surface area contributed by atoms with Gasteiger partial charge in [0.05, 0.1) is 6.54 Å². The number of piperazine rings is 1. The first-order valence-corrected chi connectivity index (χ1v) is 6.78. The highest BCUT2D eigenvalue weighted by molar-refractivity contribution is 5.68. The molecule has 0 radical (unpaired) electrons. The maximum atomic E-state index is 13.4. The quantitative estimate of drug-likeness (QED) is 0.855. The van der Waals surface area contributed by atoms with Crippen molar-refractivity contribution in [2.75, 3.05) is 32.7 Å². The summed E-state index contributed by atoms with van der Waals surface area (Å²) >= 11 is 0. The molecule has 1 aliphatic rings. The second-order valence-electron chi connectivity index (χ2n) is 6.17. The number of aliphatic carboxylic acids is 1. The molecule has 1 amide bonds. The van der Waals surface area contributed by atoms with E-state index in [1.807, 2.05) is 0 Å². The molecule has 0 aromatic carbocycles. The molecule has 0 saturated carbocycles. The van der Waals surface area contributed by atoms with Crippen LogP contribution in [0.2, 0.25) is 0 Å². The summed E-state index contributed by atoms with van der Waals surface area (Å²) in [5.74, 6) is -4.78. The van der Waals surface area contributed by atoms with E-state index in [-0.39, 0.29) is 26.2 Å². The minimum atomic E-state index is -3.26. The number of halogens is 2. The normalized spacial score (nSPS) is 17.7. The third-order valence-electron chi connectivity index (χ3n) is 2.89. The SMILES string of the molecule is CC(C)(C)OC(=O)N1CCN(CC(F)(F)CC(=O)O)CC1. The van der Waals surface area contributed by atoms with Crippen molar-refractivity contribution in [2.24, 2.45) is 0 Å². The number of carbonyl (C=O) groups is 2. The van der Waals surface area contributed by atoms with Crippen LogP contribution in [0.4, 0.5) is 13.6 Å². The van der Waals surface area contributed by atoms with Gasteiger partial charge in [-0.15, -0.1) is 0 Å². The predicted octanol–water partition coefficient (Wildman–Crippen LogP) is 1.65. The molecule has 0 atom stereocenters. The topological polar surface area (TPSA) is 70.1 Å². The van der Waals surface area contributed by atoms with Gasteiger partial charge in [0.25, 0.3) is 5.92 Å². The van der Waals surface area contributed by atoms with Gasteiger partial charge in [0.2, 0.25) is 0 Å². The largest absolute Gasteiger partial charge is 0.481 e. The maximum absolute atomic E-state index is 13.4. The summed E-state index contributed by atoms with van der Waals surface area (Å²) in [6, 6.07) is 0. The van der Waals surface area contributed by atoms with Crippen molar-refractivity contribution in [1.29, 1.82) is 0 Å². The van der Waals surface area contributed by atoms with Crippen molar-refractivity contribution in [2.45, 2.75) is 38.7 Å². The Morgan fingerprint density at radius 1 is 1.14 bits per heavy atom. The van der Waals surface area contributed by atoms with Gasteiger partial charge in [-0.2, -0.15) is 0 Å². The summed E-state index contributed by atoms with van der Waals surface area (Å²) in [5, 5.41) is 8.43. The van der Waals surface area contributed by atoms with Gasteiger partial charge in [0.15, 0.2) is 0 Å². The molecule has 1 fully saturated rings. The summed E-state index contributed by atoms with van der Waals surface area (Å²) in [4.78, 5) is 25.1. The van der Waals surface area contributed by atoms with Crippen LogP contribution < -0.4 is 0 Å². The molecule has 122 valence electrons. The minimum Gasteiger partial charge on any atom is -0.481 e. The zero-order valence-corrected chi connectivity index (χ0v) is 12.6. The number of hydrogen-bond donors (Lipinski definition) is 1. The fourth-order valence-corrected chi connectivity index (χ4v) is 2.02. The third kappa shape index (κ3) is 6.70. The van der Waals surface area contributed by atoms with Crippen LogP contribution in [0.25, 0.3) is 0 Å². The fraction of sp³-hybridized carbons (Fsp3) is 0.846. The molecule has 6 nitrogen and oxygen atoms in total. The molecule has 0 aliphatic carbocycles. The number of ether oxygens (including phenoxy) is 1. The zero-order chi connectivity index (χ0) is 16.3. The first-order valence-electron chi connectivity index (χ1n) is 6.78. The molecule has 1 aliphatic heterocycles. The van der Waals surface area contributed by atoms with Gasteiger partial charge in [0, 0.05) is 26.2 Å². The number of carbonyl (C=O) groups excluding carboxylic acids is 1. The lowest BCUT2D eigenvalue weighted by Gasteiger charge is -2.36. The summed E-state index contributed by atoms with van der Waals surface area (Å²) in [6.07, 6.45) is -1.64. The van der Waals surface area contributed by atoms with Crippen molar-refractivity contribution < 1.29 is 28.2 Å². The van der Waals surface area contributed by atoms with Crippen LogP contribution in [0.1, 0.15) is 27.2 Å². The number of rotatable bonds is 4. The van der Waals surface area contributed by atoms with Crippen LogP contribution in [0.15, 0.2) is 0 Å². The van der Waals surface area contributed by atoms with E-state index in [1.165, 1.54) is 9.80 Å². The Labute approximate surface area is 122 Å². The van der Waals surface area contributed by atoms with E-state index < -0.39 is 36.6 Å². The Morgan fingerprint density at radius 3 is 2.10 bits per heavy atom. The molecule has 1 N–H and O–H groups in total. The number of carboxylic acids is 1. The smallest absolute Gasteiger partial charge is 0.410 e. The maximum Gasteiger partial charge on any atom is 0.410 e. The highest BCUT2D eigenvalue weighted by atomic mass is 19.3. The lowest BCUT2D eigenvalue weighted by molar-refractivity contribution is -0.146. The Kier molecular flexibility index (Phi) is 5.49. The average molecular weight is 308 g/mol. The predicted molar refractivity (Wildman–Crippen MR) is 71.4 cm³/mol. The van der Waals surface area contributed by atoms with Crippen molar-refractivity contribution in [3.63, 3.8) is 0 Å². The lowest BCUT2D eigenvalue weighted by Crippen LogP contribution is -2.52. The second-order valence-corrected chi connectivity index (χ2v) is 6.17. The zero-order valence-electron chi connectivity index (χ0n) is 12.6. The molecule has 0 aromatic heterocycles. The van der Waals surface area contributed by atoms with Crippen LogP contribution in [0, 0.1) is 0 Å². The Bertz CT molecular complexity index is 388. The Hall–Kier alpha value is -1.44. The van der Waals surface area contributed by atoms with E-state index in [0.29, 0.717) is 0 Å². The summed E-state index contributed by atoms with van der Waals surface area (Å²) in [5.41, 5.74) is -0.595. The van der Waals surface area contributed by atoms with E-state index in [9.17, 15) is 18.4 Å². The van der Waals surface area contributed by atoms with Crippen LogP contribution in [0.5, 0.6) is 0 Å². The molecule has 0 spiro atoms. The molecule has 21 heavy (non-hydrogen) atoms. The lowest BCUT2D eigenvalue weighted by atomic mass is 10.2. The number of carboxylic acid groups (broad SMARTS) is 1. The van der Waals surface area contributed by atoms with Crippen LogP contribution in [-0.2, 0) is 9.53 Å². The van der Waals surface area contributed by atoms with Crippen LogP contribution in [-0.4, -0.2) is 71.2 Å². The van der Waals surface area contributed by atoms with Gasteiger partial charge < -0.3 is 14.7 Å². The molecular formula is C13H22F2N2O4. The molecule has 0 unspecified atom stereocenters. The van der Waals surface area contributed by atoms with Gasteiger partial charge in [-0.25, -0.2) is 13.6 Å². The summed E-state index contributed by atoms with van der Waals surface area (Å²) in [6.45, 7) is 5.79. The van der Waals surface area contributed by atoms with E-state index >= 15 is 0 Å². The standard InChI is InChI=1S/C13H22F2N2O4/c1-12(2,3)21-11(20)17-6-4-16(5-7-17)9-13(14,15)8-10(18)19/h4-9H2,1-3H3,(H,18,19). The molecule has 1 saturated heterocycles. The van der Waals surface area contributed by atoms with Crippen molar-refractivity contribution in [3.05, 3.63) is 0 Å². The number of amides is 1. The van der Waals surface area contributed by atoms with Crippen LogP contribution in [0.3, 0.4) is 0 Å². The highest BCUT2D eigenvalue weighted by Gasteiger charge is 2.36. The van der Waals surface area contributed by atoms with Crippen molar-refractivity contribution >= 4 is 12.1 Å². The van der Waals surface area contributed by atoms with E-state index in [4.69, 9.17) is 9.84 Å². The van der Waals surface area contributed by atoms with E-state index in [0.717, 1.165) is 0 Å². The highest BCUT2D eigenvalue weighted by Crippen LogP contribution is 2.21. The minimum absolute atomic E-state index is 0.272. The third-order valence-corrected chi connectivity index (χ3v) is 2.89. The molecular weight excluding hydrogens is 286 g/mol. The first-order chi connectivity index (χ1) is 9.48. The Morgan fingerprint density at radius 2 is 1.67 bits per heavy atom. The van der Waals surface area contributed by atoms with Crippen molar-refractivity contribution in [1.82, 2.24) is 9.80 Å². The van der Waals surface area contributed by atoms with Gasteiger partial charge in [0.1, 0.15) is 12.0 Å². The van der Waals surface area contributed by atoms with Crippen molar-refractivity contribution in [3.8, 4) is 0 Å².